The van der Waals surface area contributed by atoms with Crippen LogP contribution in [0.4, 0.5) is 4.79 Å². The van der Waals surface area contributed by atoms with Crippen LogP contribution in [0.3, 0.4) is 0 Å². The van der Waals surface area contributed by atoms with E-state index in [2.05, 4.69) is 10.1 Å². The van der Waals surface area contributed by atoms with E-state index in [9.17, 15) is 4.79 Å². The minimum Gasteiger partial charge on any atom is -0.394 e. The van der Waals surface area contributed by atoms with Crippen LogP contribution in [-0.2, 0) is 4.74 Å². The van der Waals surface area contributed by atoms with Gasteiger partial charge in [-0.15, -0.1) is 10.5 Å². The van der Waals surface area contributed by atoms with Gasteiger partial charge in [-0.2, -0.15) is 4.91 Å². The molecule has 2 N–H and O–H groups in total. The molecule has 2 heterocycles. The van der Waals surface area contributed by atoms with E-state index >= 15 is 0 Å². The van der Waals surface area contributed by atoms with Gasteiger partial charge in [0.05, 0.1) is 18.6 Å². The van der Waals surface area contributed by atoms with E-state index in [-0.39, 0.29) is 24.5 Å². The lowest BCUT2D eigenvalue weighted by atomic mass is 10.1. The van der Waals surface area contributed by atoms with E-state index in [4.69, 9.17) is 20.8 Å². The molecule has 0 saturated carbocycles. The van der Waals surface area contributed by atoms with Crippen molar-refractivity contribution < 1.29 is 14.6 Å². The number of ether oxygens (including phenoxy) is 1. The van der Waals surface area contributed by atoms with Gasteiger partial charge in [0.2, 0.25) is 5.84 Å². The number of amides is 2. The van der Waals surface area contributed by atoms with Gasteiger partial charge in [-0.1, -0.05) is 6.92 Å². The molecule has 2 saturated heterocycles. The number of nitrogens with one attached hydrogen (secondary N) is 1. The van der Waals surface area contributed by atoms with Gasteiger partial charge < -0.3 is 9.84 Å². The maximum absolute atomic E-state index is 12.2. The molecule has 3 atom stereocenters. The lowest BCUT2D eigenvalue weighted by Crippen LogP contribution is -2.56. The van der Waals surface area contributed by atoms with Crippen LogP contribution in [-0.4, -0.2) is 52.4 Å². The molecular formula is C10H16N6O3. The molecule has 0 spiro atoms. The van der Waals surface area contributed by atoms with Crippen molar-refractivity contribution >= 4 is 11.9 Å². The molecule has 2 aliphatic rings. The molecule has 2 fully saturated rings. The van der Waals surface area contributed by atoms with Gasteiger partial charge in [0.25, 0.3) is 0 Å². The maximum atomic E-state index is 12.2. The molecule has 0 radical (unpaired) electrons. The van der Waals surface area contributed by atoms with Crippen LogP contribution in [0.15, 0.2) is 5.22 Å². The monoisotopic (exact) mass is 268 g/mol. The van der Waals surface area contributed by atoms with E-state index in [1.807, 2.05) is 0 Å². The number of amidine groups is 1. The summed E-state index contributed by atoms with van der Waals surface area (Å²) in [4.78, 5) is 16.2. The van der Waals surface area contributed by atoms with Gasteiger partial charge in [-0.3, -0.25) is 10.3 Å². The summed E-state index contributed by atoms with van der Waals surface area (Å²) in [5.74, 6) is -0.254. The lowest BCUT2D eigenvalue weighted by molar-refractivity contribution is -0.0584. The van der Waals surface area contributed by atoms with Gasteiger partial charge in [-0.05, 0) is 18.1 Å². The van der Waals surface area contributed by atoms with E-state index < -0.39 is 12.3 Å². The van der Waals surface area contributed by atoms with E-state index in [1.165, 1.54) is 4.90 Å². The molecule has 2 aliphatic heterocycles. The van der Waals surface area contributed by atoms with Crippen LogP contribution in [0.5, 0.6) is 0 Å². The Morgan fingerprint density at radius 2 is 2.37 bits per heavy atom. The summed E-state index contributed by atoms with van der Waals surface area (Å²) in [6.07, 6.45) is 0.610. The number of carbonyl (C=O) groups excluding carboxylic acids is 1. The fourth-order valence-corrected chi connectivity index (χ4v) is 2.31. The van der Waals surface area contributed by atoms with Gasteiger partial charge in [0, 0.05) is 6.54 Å². The van der Waals surface area contributed by atoms with Gasteiger partial charge >= 0.3 is 6.03 Å². The molecule has 0 aromatic heterocycles. The van der Waals surface area contributed by atoms with Gasteiger partial charge in [0.15, 0.2) is 0 Å². The quantitative estimate of drug-likeness (QED) is 0.451. The number of carbonyl (C=O) groups is 1. The van der Waals surface area contributed by atoms with Crippen molar-refractivity contribution in [3.63, 3.8) is 0 Å². The highest BCUT2D eigenvalue weighted by atomic mass is 16.5. The Hall–Kier alpha value is -1.83. The minimum absolute atomic E-state index is 0.0178. The Labute approximate surface area is 109 Å². The van der Waals surface area contributed by atoms with Gasteiger partial charge in [-0.25, -0.2) is 4.79 Å². The molecule has 0 bridgehead atoms. The first-order valence-electron chi connectivity index (χ1n) is 6.09. The number of nitrogens with zero attached hydrogens (tertiary/aromatic N) is 5. The zero-order chi connectivity index (χ0) is 14.0. The molecule has 0 aromatic carbocycles. The average molecular weight is 268 g/mol. The molecule has 0 aliphatic carbocycles. The normalized spacial score (nSPS) is 31.6. The second-order valence-corrected chi connectivity index (χ2v) is 4.68. The van der Waals surface area contributed by atoms with Gasteiger partial charge in [0.1, 0.15) is 6.23 Å². The minimum atomic E-state index is -0.551. The van der Waals surface area contributed by atoms with Crippen LogP contribution in [0.1, 0.15) is 19.8 Å². The molecule has 104 valence electrons. The third-order valence-corrected chi connectivity index (χ3v) is 3.36. The Morgan fingerprint density at radius 1 is 1.63 bits per heavy atom. The van der Waals surface area contributed by atoms with Crippen LogP contribution < -0.4 is 0 Å². The summed E-state index contributed by atoms with van der Waals surface area (Å²) in [7, 11) is 0. The summed E-state index contributed by atoms with van der Waals surface area (Å²) in [6.45, 7) is 2.04. The molecule has 9 heteroatoms. The van der Waals surface area contributed by atoms with Crippen molar-refractivity contribution in [2.75, 3.05) is 13.2 Å². The lowest BCUT2D eigenvalue weighted by Gasteiger charge is -2.35. The predicted octanol–water partition coefficient (Wildman–Crippen LogP) is 1.06. The summed E-state index contributed by atoms with van der Waals surface area (Å²) < 4.78 is 5.55. The Morgan fingerprint density at radius 3 is 2.95 bits per heavy atom. The molecule has 1 unspecified atom stereocenters. The first-order chi connectivity index (χ1) is 9.08. The fraction of sp³-hybridized carbons (Fsp3) is 0.800. The summed E-state index contributed by atoms with van der Waals surface area (Å²) in [5.41, 5.74) is 8.46. The van der Waals surface area contributed by atoms with Crippen LogP contribution >= 0.6 is 0 Å². The zero-order valence-corrected chi connectivity index (χ0v) is 10.6. The largest absolute Gasteiger partial charge is 0.422 e. The number of urea groups is 1. The van der Waals surface area contributed by atoms with Crippen molar-refractivity contribution in [2.24, 2.45) is 11.1 Å². The second kappa shape index (κ2) is 5.43. The predicted molar refractivity (Wildman–Crippen MR) is 65.0 cm³/mol. The van der Waals surface area contributed by atoms with E-state index in [0.29, 0.717) is 19.4 Å². The highest BCUT2D eigenvalue weighted by Gasteiger charge is 2.44. The molecule has 0 aromatic rings. The second-order valence-electron chi connectivity index (χ2n) is 4.68. The van der Waals surface area contributed by atoms with E-state index in [0.717, 1.165) is 5.01 Å². The standard InChI is InChI=1S/C10H16N6O3/c1-6-4-15(8-3-2-7(5-17)19-8)10(18)16(9(6)11)14-13-12/h6-8,11,17H,2-5H2,1H3/t6?,7-,8+/m0/s1. The number of rotatable bonds is 3. The first kappa shape index (κ1) is 13.6. The number of aliphatic hydroxyl groups excluding tert-OH is 1. The fourth-order valence-electron chi connectivity index (χ4n) is 2.31. The number of azide groups is 1. The van der Waals surface area contributed by atoms with Crippen molar-refractivity contribution in [1.29, 1.82) is 5.41 Å². The molecule has 19 heavy (non-hydrogen) atoms. The Balaban J connectivity index is 2.15. The third kappa shape index (κ3) is 2.48. The number of hydrogen-bond acceptors (Lipinski definition) is 5. The molecule has 9 nitrogen and oxygen atoms in total. The maximum Gasteiger partial charge on any atom is 0.422 e. The summed E-state index contributed by atoms with van der Waals surface area (Å²) >= 11 is 0. The van der Waals surface area contributed by atoms with Crippen LogP contribution in [0.2, 0.25) is 0 Å². The van der Waals surface area contributed by atoms with Crippen molar-refractivity contribution in [1.82, 2.24) is 9.91 Å². The SMILES string of the molecule is CC1CN([C@H]2CC[C@@H](CO)O2)C(=O)N(N=[N+]=[N-])C1=N. The molecule has 2 rings (SSSR count). The van der Waals surface area contributed by atoms with Crippen molar-refractivity contribution in [2.45, 2.75) is 32.1 Å². The summed E-state index contributed by atoms with van der Waals surface area (Å²) in [5, 5.41) is 20.8. The molecule has 2 amide bonds. The molecular weight excluding hydrogens is 252 g/mol. The van der Waals surface area contributed by atoms with Crippen LogP contribution in [0, 0.1) is 11.3 Å². The van der Waals surface area contributed by atoms with Crippen LogP contribution in [0.25, 0.3) is 10.4 Å². The van der Waals surface area contributed by atoms with E-state index in [1.54, 1.807) is 6.92 Å². The number of hydrogen-bond donors (Lipinski definition) is 2. The summed E-state index contributed by atoms with van der Waals surface area (Å²) in [6, 6.07) is -0.551. The zero-order valence-electron chi connectivity index (χ0n) is 10.6. The highest BCUT2D eigenvalue weighted by Crippen LogP contribution is 2.27. The van der Waals surface area contributed by atoms with Crippen molar-refractivity contribution in [3.05, 3.63) is 10.4 Å². The topological polar surface area (TPSA) is 126 Å². The smallest absolute Gasteiger partial charge is 0.394 e. The van der Waals surface area contributed by atoms with Crippen molar-refractivity contribution in [3.8, 4) is 0 Å². The third-order valence-electron chi connectivity index (χ3n) is 3.36. The average Bonchev–Trinajstić information content (AvgIpc) is 2.87. The Kier molecular flexibility index (Phi) is 3.89. The Bertz CT molecular complexity index is 435. The highest BCUT2D eigenvalue weighted by molar-refractivity contribution is 5.99. The first-order valence-corrected chi connectivity index (χ1v) is 6.09. The number of aliphatic hydroxyl groups is 1.